The van der Waals surface area contributed by atoms with Gasteiger partial charge in [-0.15, -0.1) is 0 Å². The number of imidazole rings is 1. The zero-order valence-electron chi connectivity index (χ0n) is 15.6. The van der Waals surface area contributed by atoms with E-state index >= 15 is 0 Å². The van der Waals surface area contributed by atoms with Crippen molar-refractivity contribution < 1.29 is 19.5 Å². The van der Waals surface area contributed by atoms with Crippen molar-refractivity contribution in [1.82, 2.24) is 14.9 Å². The molecule has 0 saturated heterocycles. The zero-order chi connectivity index (χ0) is 20.5. The Labute approximate surface area is 165 Å². The summed E-state index contributed by atoms with van der Waals surface area (Å²) in [6.07, 6.45) is -0.509. The molecule has 1 aliphatic heterocycles. The molecule has 0 radical (unpaired) electrons. The number of amides is 3. The fourth-order valence-electron chi connectivity index (χ4n) is 3.51. The molecule has 3 amide bonds. The summed E-state index contributed by atoms with van der Waals surface area (Å²) in [6, 6.07) is 12.6. The number of carbonyl (C=O) groups excluding carboxylic acids is 2. The molecule has 2 heterocycles. The molecular weight excluding hydrogens is 374 g/mol. The molecule has 2 aromatic carbocycles. The molecule has 9 nitrogen and oxygen atoms in total. The van der Waals surface area contributed by atoms with Crippen LogP contribution in [-0.4, -0.2) is 51.0 Å². The van der Waals surface area contributed by atoms with Gasteiger partial charge in [-0.05, 0) is 23.8 Å². The van der Waals surface area contributed by atoms with Crippen LogP contribution < -0.4 is 10.2 Å². The zero-order valence-corrected chi connectivity index (χ0v) is 15.6. The van der Waals surface area contributed by atoms with Gasteiger partial charge in [-0.2, -0.15) is 0 Å². The number of nitrogens with zero attached hydrogens (tertiary/aromatic N) is 3. The van der Waals surface area contributed by atoms with Crippen LogP contribution >= 0.6 is 0 Å². The van der Waals surface area contributed by atoms with Crippen LogP contribution in [-0.2, 0) is 16.1 Å². The monoisotopic (exact) mass is 393 g/mol. The number of urea groups is 1. The highest BCUT2D eigenvalue weighted by Crippen LogP contribution is 2.30. The minimum Gasteiger partial charge on any atom is -0.481 e. The molecule has 0 aliphatic carbocycles. The molecule has 3 aromatic rings. The van der Waals surface area contributed by atoms with Crippen molar-refractivity contribution in [1.29, 1.82) is 0 Å². The van der Waals surface area contributed by atoms with Crippen LogP contribution in [0.4, 0.5) is 16.4 Å². The summed E-state index contributed by atoms with van der Waals surface area (Å²) in [4.78, 5) is 47.5. The lowest BCUT2D eigenvalue weighted by atomic mass is 10.1. The van der Waals surface area contributed by atoms with Gasteiger partial charge in [-0.3, -0.25) is 19.8 Å². The molecule has 0 saturated carbocycles. The minimum atomic E-state index is -1.18. The summed E-state index contributed by atoms with van der Waals surface area (Å²) in [7, 11) is 1.59. The largest absolute Gasteiger partial charge is 0.481 e. The van der Waals surface area contributed by atoms with E-state index in [1.807, 2.05) is 30.3 Å². The van der Waals surface area contributed by atoms with Crippen LogP contribution in [0.25, 0.3) is 11.0 Å². The highest BCUT2D eigenvalue weighted by Gasteiger charge is 2.38. The maximum absolute atomic E-state index is 13.2. The number of aromatic nitrogens is 2. The number of anilines is 2. The standard InChI is InChI=1S/C20H19N5O4/c1-24-11-12-6-2-5-9-15(12)25(16(18(24)28)10-17(26)27)20(29)23-19-21-13-7-3-4-8-14(13)22-19/h2-9,16H,10-11H2,1H3,(H,26,27)(H2,21,22,23,29). The number of hydrogen-bond acceptors (Lipinski definition) is 4. The smallest absolute Gasteiger partial charge is 0.329 e. The molecule has 0 bridgehead atoms. The second-order valence-corrected chi connectivity index (χ2v) is 6.84. The summed E-state index contributed by atoms with van der Waals surface area (Å²) in [5.41, 5.74) is 2.66. The lowest BCUT2D eigenvalue weighted by Crippen LogP contribution is -2.51. The molecule has 1 aliphatic rings. The fraction of sp³-hybridized carbons (Fsp3) is 0.200. The number of aliphatic carboxylic acids is 1. The van der Waals surface area contributed by atoms with Gasteiger partial charge in [0.1, 0.15) is 6.04 Å². The summed E-state index contributed by atoms with van der Waals surface area (Å²) < 4.78 is 0. The highest BCUT2D eigenvalue weighted by molar-refractivity contribution is 6.08. The number of H-pyrrole nitrogens is 1. The first-order chi connectivity index (χ1) is 13.9. The van der Waals surface area contributed by atoms with Crippen LogP contribution in [0.2, 0.25) is 0 Å². The van der Waals surface area contributed by atoms with Crippen LogP contribution in [0.15, 0.2) is 48.5 Å². The summed E-state index contributed by atoms with van der Waals surface area (Å²) >= 11 is 0. The van der Waals surface area contributed by atoms with E-state index in [1.165, 1.54) is 9.80 Å². The van der Waals surface area contributed by atoms with Crippen molar-refractivity contribution in [3.05, 3.63) is 54.1 Å². The number of hydrogen-bond donors (Lipinski definition) is 3. The molecule has 29 heavy (non-hydrogen) atoms. The Bertz CT molecular complexity index is 1080. The van der Waals surface area contributed by atoms with Crippen molar-refractivity contribution in [2.75, 3.05) is 17.3 Å². The van der Waals surface area contributed by atoms with E-state index in [2.05, 4.69) is 15.3 Å². The van der Waals surface area contributed by atoms with Gasteiger partial charge in [0.25, 0.3) is 0 Å². The Balaban J connectivity index is 1.74. The maximum atomic E-state index is 13.2. The SMILES string of the molecule is CN1Cc2ccccc2N(C(=O)Nc2nc3ccccc3[nH]2)C(CC(=O)O)C1=O. The predicted octanol–water partition coefficient (Wildman–Crippen LogP) is 2.42. The molecular formula is C20H19N5O4. The van der Waals surface area contributed by atoms with Gasteiger partial charge < -0.3 is 15.0 Å². The molecule has 0 fully saturated rings. The second kappa shape index (κ2) is 7.27. The Kier molecular flexibility index (Phi) is 4.63. The fourth-order valence-corrected chi connectivity index (χ4v) is 3.51. The number of likely N-dealkylation sites (N-methyl/N-ethyl adjacent to an activating group) is 1. The van der Waals surface area contributed by atoms with Gasteiger partial charge in [0, 0.05) is 13.6 Å². The Morgan fingerprint density at radius 2 is 1.93 bits per heavy atom. The quantitative estimate of drug-likeness (QED) is 0.631. The number of carboxylic acid groups (broad SMARTS) is 1. The van der Waals surface area contributed by atoms with Crippen LogP contribution in [0.5, 0.6) is 0 Å². The van der Waals surface area contributed by atoms with E-state index < -0.39 is 30.4 Å². The van der Waals surface area contributed by atoms with Crippen LogP contribution in [0, 0.1) is 0 Å². The van der Waals surface area contributed by atoms with Crippen molar-refractivity contribution in [3.63, 3.8) is 0 Å². The first kappa shape index (κ1) is 18.5. The molecule has 1 aromatic heterocycles. The van der Waals surface area contributed by atoms with E-state index in [1.54, 1.807) is 25.2 Å². The number of benzene rings is 2. The number of rotatable bonds is 3. The normalized spacial score (nSPS) is 16.4. The van der Waals surface area contributed by atoms with Crippen LogP contribution in [0.1, 0.15) is 12.0 Å². The van der Waals surface area contributed by atoms with Gasteiger partial charge in [-0.1, -0.05) is 30.3 Å². The van der Waals surface area contributed by atoms with Gasteiger partial charge in [0.05, 0.1) is 23.1 Å². The minimum absolute atomic E-state index is 0.216. The average molecular weight is 393 g/mol. The number of nitrogens with one attached hydrogen (secondary N) is 2. The lowest BCUT2D eigenvalue weighted by molar-refractivity contribution is -0.141. The van der Waals surface area contributed by atoms with E-state index in [0.29, 0.717) is 11.2 Å². The second-order valence-electron chi connectivity index (χ2n) is 6.84. The van der Waals surface area contributed by atoms with Gasteiger partial charge in [0.2, 0.25) is 11.9 Å². The predicted molar refractivity (Wildman–Crippen MR) is 107 cm³/mol. The summed E-state index contributed by atoms with van der Waals surface area (Å²) in [6.45, 7) is 0.277. The molecule has 3 N–H and O–H groups in total. The number of fused-ring (bicyclic) bond motifs is 2. The van der Waals surface area contributed by atoms with Crippen molar-refractivity contribution in [3.8, 4) is 0 Å². The molecule has 4 rings (SSSR count). The maximum Gasteiger partial charge on any atom is 0.329 e. The van der Waals surface area contributed by atoms with E-state index in [0.717, 1.165) is 11.1 Å². The third-order valence-electron chi connectivity index (χ3n) is 4.83. The van der Waals surface area contributed by atoms with Crippen LogP contribution in [0.3, 0.4) is 0 Å². The lowest BCUT2D eigenvalue weighted by Gasteiger charge is -2.29. The van der Waals surface area contributed by atoms with E-state index in [4.69, 9.17) is 0 Å². The first-order valence-electron chi connectivity index (χ1n) is 9.03. The summed E-state index contributed by atoms with van der Waals surface area (Å²) in [5, 5.41) is 12.0. The number of para-hydroxylation sites is 3. The number of carbonyl (C=O) groups is 3. The van der Waals surface area contributed by atoms with Crippen molar-refractivity contribution >= 4 is 40.6 Å². The third-order valence-corrected chi connectivity index (χ3v) is 4.83. The van der Waals surface area contributed by atoms with Crippen molar-refractivity contribution in [2.24, 2.45) is 0 Å². The van der Waals surface area contributed by atoms with Gasteiger partial charge in [-0.25, -0.2) is 9.78 Å². The van der Waals surface area contributed by atoms with E-state index in [-0.39, 0.29) is 12.5 Å². The molecule has 0 spiro atoms. The average Bonchev–Trinajstić information content (AvgIpc) is 3.05. The topological polar surface area (TPSA) is 119 Å². The van der Waals surface area contributed by atoms with Crippen molar-refractivity contribution in [2.45, 2.75) is 19.0 Å². The highest BCUT2D eigenvalue weighted by atomic mass is 16.4. The molecule has 9 heteroatoms. The van der Waals surface area contributed by atoms with Gasteiger partial charge in [0.15, 0.2) is 0 Å². The Morgan fingerprint density at radius 3 is 2.69 bits per heavy atom. The Morgan fingerprint density at radius 1 is 1.21 bits per heavy atom. The third kappa shape index (κ3) is 3.49. The van der Waals surface area contributed by atoms with Gasteiger partial charge >= 0.3 is 12.0 Å². The number of aromatic amines is 1. The summed E-state index contributed by atoms with van der Waals surface area (Å²) in [5.74, 6) is -1.39. The van der Waals surface area contributed by atoms with E-state index in [9.17, 15) is 19.5 Å². The Hall–Kier alpha value is -3.88. The number of carboxylic acids is 1. The molecule has 148 valence electrons. The first-order valence-corrected chi connectivity index (χ1v) is 9.03. The molecule has 1 atom stereocenters. The molecule has 1 unspecified atom stereocenters.